The SMILES string of the molecule is CN1CCN(C(=O)c2cnc(Nc3ccc(Cl)cc3C(F)(F)F)nc2)CC1. The van der Waals surface area contributed by atoms with E-state index in [1.54, 1.807) is 4.90 Å². The van der Waals surface area contributed by atoms with Crippen molar-refractivity contribution in [2.45, 2.75) is 6.18 Å². The molecule has 0 bridgehead atoms. The van der Waals surface area contributed by atoms with Crippen LogP contribution in [0, 0.1) is 0 Å². The maximum Gasteiger partial charge on any atom is 0.418 e. The Morgan fingerprint density at radius 2 is 1.78 bits per heavy atom. The molecule has 3 rings (SSSR count). The average molecular weight is 400 g/mol. The van der Waals surface area contributed by atoms with Crippen LogP contribution >= 0.6 is 11.6 Å². The summed E-state index contributed by atoms with van der Waals surface area (Å²) in [6, 6.07) is 3.37. The summed E-state index contributed by atoms with van der Waals surface area (Å²) in [4.78, 5) is 24.2. The summed E-state index contributed by atoms with van der Waals surface area (Å²) in [7, 11) is 1.98. The average Bonchev–Trinajstić information content (AvgIpc) is 2.63. The van der Waals surface area contributed by atoms with Gasteiger partial charge in [-0.1, -0.05) is 11.6 Å². The van der Waals surface area contributed by atoms with Crippen LogP contribution in [0.15, 0.2) is 30.6 Å². The first-order valence-electron chi connectivity index (χ1n) is 8.17. The molecular weight excluding hydrogens is 383 g/mol. The lowest BCUT2D eigenvalue weighted by Crippen LogP contribution is -2.47. The molecular formula is C17H17ClF3N5O. The standard InChI is InChI=1S/C17H17ClF3N5O/c1-25-4-6-26(7-5-25)15(27)11-9-22-16(23-10-11)24-14-3-2-12(18)8-13(14)17(19,20)21/h2-3,8-10H,4-7H2,1H3,(H,22,23,24). The van der Waals surface area contributed by atoms with E-state index in [9.17, 15) is 18.0 Å². The third kappa shape index (κ3) is 4.67. The van der Waals surface area contributed by atoms with Crippen LogP contribution < -0.4 is 5.32 Å². The van der Waals surface area contributed by atoms with E-state index in [-0.39, 0.29) is 28.1 Å². The number of rotatable bonds is 3. The fraction of sp³-hybridized carbons (Fsp3) is 0.353. The Labute approximate surface area is 159 Å². The summed E-state index contributed by atoms with van der Waals surface area (Å²) in [6.45, 7) is 2.77. The van der Waals surface area contributed by atoms with Gasteiger partial charge in [0.1, 0.15) is 0 Å². The smallest absolute Gasteiger partial charge is 0.336 e. The molecule has 27 heavy (non-hydrogen) atoms. The van der Waals surface area contributed by atoms with Gasteiger partial charge >= 0.3 is 6.18 Å². The molecule has 1 aliphatic rings. The van der Waals surface area contributed by atoms with Crippen molar-refractivity contribution in [3.63, 3.8) is 0 Å². The summed E-state index contributed by atoms with van der Waals surface area (Å²) >= 11 is 5.66. The van der Waals surface area contributed by atoms with Gasteiger partial charge in [0.2, 0.25) is 5.95 Å². The van der Waals surface area contributed by atoms with Crippen LogP contribution in [0.25, 0.3) is 0 Å². The number of amides is 1. The van der Waals surface area contributed by atoms with Crippen LogP contribution in [0.1, 0.15) is 15.9 Å². The fourth-order valence-electron chi connectivity index (χ4n) is 2.68. The molecule has 0 aliphatic carbocycles. The molecule has 1 fully saturated rings. The number of carbonyl (C=O) groups excluding carboxylic acids is 1. The number of alkyl halides is 3. The van der Waals surface area contributed by atoms with Gasteiger partial charge < -0.3 is 15.1 Å². The first-order chi connectivity index (χ1) is 12.7. The monoisotopic (exact) mass is 399 g/mol. The summed E-state index contributed by atoms with van der Waals surface area (Å²) in [5.41, 5.74) is -0.849. The van der Waals surface area contributed by atoms with Gasteiger partial charge in [0.15, 0.2) is 0 Å². The van der Waals surface area contributed by atoms with Crippen LogP contribution in [0.4, 0.5) is 24.8 Å². The molecule has 10 heteroatoms. The molecule has 2 heterocycles. The summed E-state index contributed by atoms with van der Waals surface area (Å²) in [5, 5.41) is 2.50. The Morgan fingerprint density at radius 1 is 1.15 bits per heavy atom. The highest BCUT2D eigenvalue weighted by Crippen LogP contribution is 2.37. The molecule has 1 amide bonds. The Bertz CT molecular complexity index is 820. The highest BCUT2D eigenvalue weighted by molar-refractivity contribution is 6.30. The van der Waals surface area contributed by atoms with E-state index in [1.165, 1.54) is 24.5 Å². The van der Waals surface area contributed by atoms with Crippen molar-refractivity contribution in [3.8, 4) is 0 Å². The van der Waals surface area contributed by atoms with Crippen molar-refractivity contribution < 1.29 is 18.0 Å². The third-order valence-electron chi connectivity index (χ3n) is 4.22. The lowest BCUT2D eigenvalue weighted by Gasteiger charge is -2.32. The third-order valence-corrected chi connectivity index (χ3v) is 4.46. The number of piperazine rings is 1. The minimum absolute atomic E-state index is 0.0260. The molecule has 1 aliphatic heterocycles. The number of hydrogen-bond donors (Lipinski definition) is 1. The lowest BCUT2D eigenvalue weighted by molar-refractivity contribution is -0.136. The molecule has 0 unspecified atom stereocenters. The number of aromatic nitrogens is 2. The number of likely N-dealkylation sites (N-methyl/N-ethyl adjacent to an activating group) is 1. The van der Waals surface area contributed by atoms with Crippen LogP contribution in [-0.4, -0.2) is 58.9 Å². The predicted octanol–water partition coefficient (Wildman–Crippen LogP) is 3.28. The van der Waals surface area contributed by atoms with E-state index < -0.39 is 11.7 Å². The van der Waals surface area contributed by atoms with Crippen LogP contribution in [0.3, 0.4) is 0 Å². The number of benzene rings is 1. The Morgan fingerprint density at radius 3 is 2.37 bits per heavy atom. The second-order valence-electron chi connectivity index (χ2n) is 6.20. The van der Waals surface area contributed by atoms with Gasteiger partial charge in [0, 0.05) is 43.6 Å². The fourth-order valence-corrected chi connectivity index (χ4v) is 2.85. The van der Waals surface area contributed by atoms with Crippen LogP contribution in [0.5, 0.6) is 0 Å². The minimum atomic E-state index is -4.58. The highest BCUT2D eigenvalue weighted by atomic mass is 35.5. The van der Waals surface area contributed by atoms with Gasteiger partial charge in [0.25, 0.3) is 5.91 Å². The van der Waals surface area contributed by atoms with Gasteiger partial charge in [-0.25, -0.2) is 9.97 Å². The molecule has 1 N–H and O–H groups in total. The van der Waals surface area contributed by atoms with E-state index in [0.717, 1.165) is 19.2 Å². The largest absolute Gasteiger partial charge is 0.418 e. The first-order valence-corrected chi connectivity index (χ1v) is 8.55. The quantitative estimate of drug-likeness (QED) is 0.858. The van der Waals surface area contributed by atoms with Crippen LogP contribution in [-0.2, 0) is 6.18 Å². The van der Waals surface area contributed by atoms with Crippen molar-refractivity contribution in [2.24, 2.45) is 0 Å². The normalized spacial score (nSPS) is 15.7. The van der Waals surface area contributed by atoms with E-state index in [1.807, 2.05) is 7.05 Å². The Kier molecular flexibility index (Phi) is 5.52. The number of hydrogen-bond acceptors (Lipinski definition) is 5. The number of halogens is 4. The van der Waals surface area contributed by atoms with E-state index in [4.69, 9.17) is 11.6 Å². The molecule has 2 aromatic rings. The highest BCUT2D eigenvalue weighted by Gasteiger charge is 2.34. The van der Waals surface area contributed by atoms with Crippen molar-refractivity contribution in [1.29, 1.82) is 0 Å². The van der Waals surface area contributed by atoms with Crippen molar-refractivity contribution in [2.75, 3.05) is 38.5 Å². The van der Waals surface area contributed by atoms with Crippen molar-refractivity contribution >= 4 is 29.1 Å². The number of nitrogens with one attached hydrogen (secondary N) is 1. The minimum Gasteiger partial charge on any atom is -0.336 e. The summed E-state index contributed by atoms with van der Waals surface area (Å²) in [5.74, 6) is -0.241. The second-order valence-corrected chi connectivity index (χ2v) is 6.64. The van der Waals surface area contributed by atoms with E-state index in [2.05, 4.69) is 20.2 Å². The molecule has 0 atom stereocenters. The summed E-state index contributed by atoms with van der Waals surface area (Å²) < 4.78 is 39.4. The zero-order valence-corrected chi connectivity index (χ0v) is 15.2. The van der Waals surface area contributed by atoms with Gasteiger partial charge in [0.05, 0.1) is 16.8 Å². The Hall–Kier alpha value is -2.39. The number of anilines is 2. The van der Waals surface area contributed by atoms with E-state index >= 15 is 0 Å². The Balaban J connectivity index is 1.74. The topological polar surface area (TPSA) is 61.4 Å². The molecule has 1 aromatic carbocycles. The molecule has 0 radical (unpaired) electrons. The maximum atomic E-state index is 13.1. The lowest BCUT2D eigenvalue weighted by atomic mass is 10.1. The zero-order valence-electron chi connectivity index (χ0n) is 14.4. The number of nitrogens with zero attached hydrogens (tertiary/aromatic N) is 4. The maximum absolute atomic E-state index is 13.1. The zero-order chi connectivity index (χ0) is 19.6. The molecule has 1 saturated heterocycles. The first kappa shape index (κ1) is 19.4. The summed E-state index contributed by atoms with van der Waals surface area (Å²) in [6.07, 6.45) is -1.97. The molecule has 0 saturated carbocycles. The molecule has 6 nitrogen and oxygen atoms in total. The van der Waals surface area contributed by atoms with Crippen molar-refractivity contribution in [1.82, 2.24) is 19.8 Å². The second kappa shape index (κ2) is 7.69. The van der Waals surface area contributed by atoms with Crippen molar-refractivity contribution in [3.05, 3.63) is 46.7 Å². The van der Waals surface area contributed by atoms with Gasteiger partial charge in [-0.2, -0.15) is 13.2 Å². The molecule has 1 aromatic heterocycles. The van der Waals surface area contributed by atoms with Gasteiger partial charge in [-0.3, -0.25) is 4.79 Å². The van der Waals surface area contributed by atoms with Gasteiger partial charge in [-0.15, -0.1) is 0 Å². The van der Waals surface area contributed by atoms with E-state index in [0.29, 0.717) is 13.1 Å². The molecule has 144 valence electrons. The van der Waals surface area contributed by atoms with Crippen LogP contribution in [0.2, 0.25) is 5.02 Å². The molecule has 0 spiro atoms. The number of carbonyl (C=O) groups is 1. The van der Waals surface area contributed by atoms with Gasteiger partial charge in [-0.05, 0) is 25.2 Å². The predicted molar refractivity (Wildman–Crippen MR) is 95.2 cm³/mol.